The first kappa shape index (κ1) is 14.5. The predicted molar refractivity (Wildman–Crippen MR) is 88.2 cm³/mol. The van der Waals surface area contributed by atoms with Crippen LogP contribution in [0.25, 0.3) is 11.0 Å². The molecule has 21 heavy (non-hydrogen) atoms. The largest absolute Gasteiger partial charge is 0.464 e. The fraction of sp³-hybridized carbons (Fsp3) is 0.176. The first-order valence-corrected chi connectivity index (χ1v) is 7.60. The lowest BCUT2D eigenvalue weighted by Crippen LogP contribution is -2.22. The molecular weight excluding hydrogens is 305 g/mol. The fourth-order valence-electron chi connectivity index (χ4n) is 2.55. The Bertz CT molecular complexity index is 766. The van der Waals surface area contributed by atoms with Crippen LogP contribution in [0.4, 0.5) is 0 Å². The summed E-state index contributed by atoms with van der Waals surface area (Å²) in [6, 6.07) is 13.5. The van der Waals surface area contributed by atoms with Crippen LogP contribution in [0, 0.1) is 0 Å². The highest BCUT2D eigenvalue weighted by Gasteiger charge is 2.20. The first-order chi connectivity index (χ1) is 10.2. The summed E-state index contributed by atoms with van der Waals surface area (Å²) in [6.07, 6.45) is 1.79. The number of hydrogen-bond donors (Lipinski definition) is 1. The Morgan fingerprint density at radius 3 is 2.71 bits per heavy atom. The van der Waals surface area contributed by atoms with Gasteiger partial charge in [-0.1, -0.05) is 48.3 Å². The molecule has 0 aliphatic heterocycles. The maximum Gasteiger partial charge on any atom is 0.134 e. The van der Waals surface area contributed by atoms with Crippen LogP contribution >= 0.6 is 23.2 Å². The minimum absolute atomic E-state index is 0.0511. The minimum atomic E-state index is -0.0511. The van der Waals surface area contributed by atoms with Gasteiger partial charge in [0, 0.05) is 21.0 Å². The molecule has 2 aromatic carbocycles. The molecule has 108 valence electrons. The van der Waals surface area contributed by atoms with Crippen molar-refractivity contribution in [3.8, 4) is 0 Å². The average molecular weight is 320 g/mol. The van der Waals surface area contributed by atoms with E-state index in [2.05, 4.69) is 18.3 Å². The van der Waals surface area contributed by atoms with Gasteiger partial charge >= 0.3 is 0 Å². The van der Waals surface area contributed by atoms with Gasteiger partial charge in [0.1, 0.15) is 5.58 Å². The standard InChI is InChI=1S/C17H15Cl2NO/c1-2-20-17(13-9-11(18)7-8-15(13)19)14-10-21-16-6-4-3-5-12(14)16/h3-10,17,20H,2H2,1H3. The monoisotopic (exact) mass is 319 g/mol. The molecule has 0 bridgehead atoms. The van der Waals surface area contributed by atoms with Gasteiger partial charge in [-0.3, -0.25) is 0 Å². The fourth-order valence-corrected chi connectivity index (χ4v) is 2.96. The molecule has 0 fully saturated rings. The summed E-state index contributed by atoms with van der Waals surface area (Å²) in [6.45, 7) is 2.88. The van der Waals surface area contributed by atoms with E-state index in [1.54, 1.807) is 12.3 Å². The Labute approximate surface area is 133 Å². The molecule has 1 aromatic heterocycles. The van der Waals surface area contributed by atoms with E-state index in [0.717, 1.165) is 28.6 Å². The lowest BCUT2D eigenvalue weighted by molar-refractivity contribution is 0.585. The van der Waals surface area contributed by atoms with E-state index in [0.29, 0.717) is 10.0 Å². The van der Waals surface area contributed by atoms with Crippen molar-refractivity contribution in [2.45, 2.75) is 13.0 Å². The van der Waals surface area contributed by atoms with Gasteiger partial charge in [-0.15, -0.1) is 0 Å². The Balaban J connectivity index is 2.15. The van der Waals surface area contributed by atoms with Gasteiger partial charge in [0.15, 0.2) is 0 Å². The number of benzene rings is 2. The lowest BCUT2D eigenvalue weighted by atomic mass is 9.98. The maximum atomic E-state index is 6.37. The van der Waals surface area contributed by atoms with Gasteiger partial charge in [0.2, 0.25) is 0 Å². The highest BCUT2D eigenvalue weighted by Crippen LogP contribution is 2.35. The molecule has 0 spiro atoms. The molecule has 1 N–H and O–H groups in total. The molecule has 1 atom stereocenters. The highest BCUT2D eigenvalue weighted by molar-refractivity contribution is 6.33. The van der Waals surface area contributed by atoms with Crippen molar-refractivity contribution in [1.82, 2.24) is 5.32 Å². The second kappa shape index (κ2) is 6.10. The van der Waals surface area contributed by atoms with E-state index in [-0.39, 0.29) is 6.04 Å². The third-order valence-corrected chi connectivity index (χ3v) is 4.08. The van der Waals surface area contributed by atoms with E-state index < -0.39 is 0 Å². The van der Waals surface area contributed by atoms with Gasteiger partial charge < -0.3 is 9.73 Å². The van der Waals surface area contributed by atoms with E-state index in [1.165, 1.54) is 0 Å². The molecule has 0 saturated heterocycles. The predicted octanol–water partition coefficient (Wildman–Crippen LogP) is 5.44. The number of para-hydroxylation sites is 1. The summed E-state index contributed by atoms with van der Waals surface area (Å²) in [5, 5.41) is 5.90. The molecule has 0 aliphatic rings. The minimum Gasteiger partial charge on any atom is -0.464 e. The van der Waals surface area contributed by atoms with Crippen LogP contribution in [0.5, 0.6) is 0 Å². The van der Waals surface area contributed by atoms with Crippen LogP contribution < -0.4 is 5.32 Å². The van der Waals surface area contributed by atoms with Crippen molar-refractivity contribution in [2.24, 2.45) is 0 Å². The first-order valence-electron chi connectivity index (χ1n) is 6.85. The number of hydrogen-bond acceptors (Lipinski definition) is 2. The Kier molecular flexibility index (Phi) is 4.20. The summed E-state index contributed by atoms with van der Waals surface area (Å²) >= 11 is 12.5. The molecule has 0 amide bonds. The Morgan fingerprint density at radius 1 is 1.10 bits per heavy atom. The molecule has 3 rings (SSSR count). The van der Waals surface area contributed by atoms with Gasteiger partial charge in [0.25, 0.3) is 0 Å². The van der Waals surface area contributed by atoms with Crippen LogP contribution in [0.2, 0.25) is 10.0 Å². The number of fused-ring (bicyclic) bond motifs is 1. The van der Waals surface area contributed by atoms with Crippen molar-refractivity contribution in [1.29, 1.82) is 0 Å². The van der Waals surface area contributed by atoms with Crippen LogP contribution in [0.1, 0.15) is 24.1 Å². The van der Waals surface area contributed by atoms with Gasteiger partial charge in [-0.25, -0.2) is 0 Å². The highest BCUT2D eigenvalue weighted by atomic mass is 35.5. The second-order valence-corrected chi connectivity index (χ2v) is 5.69. The third-order valence-electron chi connectivity index (χ3n) is 3.50. The zero-order chi connectivity index (χ0) is 14.8. The summed E-state index contributed by atoms with van der Waals surface area (Å²) in [4.78, 5) is 0. The SMILES string of the molecule is CCNC(c1cc(Cl)ccc1Cl)c1coc2ccccc12. The van der Waals surface area contributed by atoms with Crippen molar-refractivity contribution < 1.29 is 4.42 Å². The van der Waals surface area contributed by atoms with Crippen LogP contribution in [-0.2, 0) is 0 Å². The van der Waals surface area contributed by atoms with Crippen molar-refractivity contribution >= 4 is 34.2 Å². The molecule has 4 heteroatoms. The molecule has 0 saturated carbocycles. The van der Waals surface area contributed by atoms with Gasteiger partial charge in [0.05, 0.1) is 12.3 Å². The van der Waals surface area contributed by atoms with Crippen LogP contribution in [-0.4, -0.2) is 6.54 Å². The molecule has 0 radical (unpaired) electrons. The maximum absolute atomic E-state index is 6.37. The summed E-state index contributed by atoms with van der Waals surface area (Å²) in [5.74, 6) is 0. The summed E-state index contributed by atoms with van der Waals surface area (Å²) < 4.78 is 5.65. The average Bonchev–Trinajstić information content (AvgIpc) is 2.91. The van der Waals surface area contributed by atoms with E-state index >= 15 is 0 Å². The molecule has 0 aliphatic carbocycles. The Hall–Kier alpha value is -1.48. The van der Waals surface area contributed by atoms with E-state index in [1.807, 2.05) is 30.3 Å². The topological polar surface area (TPSA) is 25.2 Å². The van der Waals surface area contributed by atoms with E-state index in [4.69, 9.17) is 27.6 Å². The molecule has 1 unspecified atom stereocenters. The zero-order valence-electron chi connectivity index (χ0n) is 11.6. The molecule has 1 heterocycles. The van der Waals surface area contributed by atoms with Crippen LogP contribution in [0.15, 0.2) is 53.1 Å². The van der Waals surface area contributed by atoms with Gasteiger partial charge in [-0.2, -0.15) is 0 Å². The number of rotatable bonds is 4. The van der Waals surface area contributed by atoms with Crippen molar-refractivity contribution in [2.75, 3.05) is 6.54 Å². The molecular formula is C17H15Cl2NO. The molecule has 2 nitrogen and oxygen atoms in total. The van der Waals surface area contributed by atoms with Gasteiger partial charge in [-0.05, 0) is 36.4 Å². The van der Waals surface area contributed by atoms with Crippen LogP contribution in [0.3, 0.4) is 0 Å². The van der Waals surface area contributed by atoms with E-state index in [9.17, 15) is 0 Å². The lowest BCUT2D eigenvalue weighted by Gasteiger charge is -2.19. The normalized spacial score (nSPS) is 12.7. The van der Waals surface area contributed by atoms with Crippen molar-refractivity contribution in [3.05, 3.63) is 69.9 Å². The summed E-state index contributed by atoms with van der Waals surface area (Å²) in [7, 11) is 0. The second-order valence-electron chi connectivity index (χ2n) is 4.84. The summed E-state index contributed by atoms with van der Waals surface area (Å²) in [5.41, 5.74) is 2.89. The number of furan rings is 1. The smallest absolute Gasteiger partial charge is 0.134 e. The number of nitrogens with one attached hydrogen (secondary N) is 1. The quantitative estimate of drug-likeness (QED) is 0.692. The third kappa shape index (κ3) is 2.80. The molecule has 3 aromatic rings. The number of halogens is 2. The zero-order valence-corrected chi connectivity index (χ0v) is 13.1. The van der Waals surface area contributed by atoms with Crippen molar-refractivity contribution in [3.63, 3.8) is 0 Å². The Morgan fingerprint density at radius 2 is 1.90 bits per heavy atom.